The zero-order valence-corrected chi connectivity index (χ0v) is 18.5. The smallest absolute Gasteiger partial charge is 0.267 e. The Morgan fingerprint density at radius 3 is 2.06 bits per heavy atom. The van der Waals surface area contributed by atoms with Crippen LogP contribution >= 0.6 is 0 Å². The minimum absolute atomic E-state index is 0.102. The van der Waals surface area contributed by atoms with Gasteiger partial charge in [0, 0.05) is 38.1 Å². The fraction of sp³-hybridized carbons (Fsp3) is 0.200. The first-order chi connectivity index (χ1) is 15.1. The fourth-order valence-corrected chi connectivity index (χ4v) is 5.02. The summed E-state index contributed by atoms with van der Waals surface area (Å²) < 4.78 is 49.4. The van der Waals surface area contributed by atoms with Crippen LogP contribution in [0.3, 0.4) is 0 Å². The van der Waals surface area contributed by atoms with Crippen molar-refractivity contribution in [3.63, 3.8) is 0 Å². The molecule has 3 rings (SSSR count). The van der Waals surface area contributed by atoms with E-state index in [0.717, 1.165) is 0 Å². The predicted molar refractivity (Wildman–Crippen MR) is 117 cm³/mol. The van der Waals surface area contributed by atoms with E-state index in [1.54, 1.807) is 23.1 Å². The van der Waals surface area contributed by atoms with E-state index >= 15 is 0 Å². The number of primary sulfonamides is 1. The Balaban J connectivity index is 1.63. The number of rotatable bonds is 6. The minimum Gasteiger partial charge on any atom is -0.373 e. The molecule has 1 amide bonds. The quantitative estimate of drug-likeness (QED) is 0.460. The second-order valence-corrected chi connectivity index (χ2v) is 10.4. The number of carbonyl (C=O) groups excluding carboxylic acids is 1. The van der Waals surface area contributed by atoms with Gasteiger partial charge in [-0.05, 0) is 36.4 Å². The van der Waals surface area contributed by atoms with E-state index < -0.39 is 26.0 Å². The molecule has 0 unspecified atom stereocenters. The van der Waals surface area contributed by atoms with Crippen molar-refractivity contribution in [1.82, 2.24) is 9.21 Å². The van der Waals surface area contributed by atoms with Gasteiger partial charge in [-0.15, -0.1) is 0 Å². The molecule has 12 heteroatoms. The Labute approximate surface area is 186 Å². The molecule has 0 spiro atoms. The Bertz CT molecular complexity index is 1260. The van der Waals surface area contributed by atoms with Gasteiger partial charge in [0.1, 0.15) is 11.6 Å². The van der Waals surface area contributed by atoms with Crippen molar-refractivity contribution in [3.8, 4) is 6.07 Å². The molecule has 168 valence electrons. The van der Waals surface area contributed by atoms with Crippen LogP contribution in [0, 0.1) is 11.3 Å². The van der Waals surface area contributed by atoms with Crippen LogP contribution in [0.1, 0.15) is 0 Å². The zero-order valence-electron chi connectivity index (χ0n) is 16.9. The molecule has 0 bridgehead atoms. The van der Waals surface area contributed by atoms with E-state index in [2.05, 4.69) is 5.32 Å². The van der Waals surface area contributed by atoms with Gasteiger partial charge in [0.2, 0.25) is 20.0 Å². The van der Waals surface area contributed by atoms with Crippen LogP contribution in [-0.4, -0.2) is 58.1 Å². The van der Waals surface area contributed by atoms with Gasteiger partial charge in [-0.2, -0.15) is 9.57 Å². The van der Waals surface area contributed by atoms with Crippen molar-refractivity contribution >= 4 is 31.6 Å². The summed E-state index contributed by atoms with van der Waals surface area (Å²) in [6, 6.07) is 15.2. The Kier molecular flexibility index (Phi) is 6.95. The number of hydrogen-bond donors (Lipinski definition) is 2. The van der Waals surface area contributed by atoms with Crippen LogP contribution in [0.4, 0.5) is 5.69 Å². The van der Waals surface area contributed by atoms with E-state index in [-0.39, 0.29) is 28.5 Å². The molecule has 0 atom stereocenters. The van der Waals surface area contributed by atoms with E-state index in [4.69, 9.17) is 5.14 Å². The van der Waals surface area contributed by atoms with Gasteiger partial charge < -0.3 is 10.2 Å². The molecule has 1 heterocycles. The normalized spacial score (nSPS) is 15.8. The fourth-order valence-electron chi connectivity index (χ4n) is 3.06. The number of benzene rings is 2. The lowest BCUT2D eigenvalue weighted by molar-refractivity contribution is -0.112. The maximum atomic E-state index is 12.7. The summed E-state index contributed by atoms with van der Waals surface area (Å²) in [4.78, 5) is 14.3. The number of piperazine rings is 1. The molecule has 1 saturated heterocycles. The first-order valence-electron chi connectivity index (χ1n) is 9.46. The van der Waals surface area contributed by atoms with E-state index in [9.17, 15) is 26.9 Å². The maximum absolute atomic E-state index is 12.7. The molecule has 1 aliphatic rings. The molecule has 32 heavy (non-hydrogen) atoms. The molecule has 10 nitrogen and oxygen atoms in total. The van der Waals surface area contributed by atoms with Crippen molar-refractivity contribution in [2.75, 3.05) is 31.5 Å². The Morgan fingerprint density at radius 1 is 0.938 bits per heavy atom. The standard InChI is InChI=1S/C20H21N5O5S2/c21-14-16(20(26)23-17-6-8-18(9-7-17)31(22,27)28)15-24-10-12-25(13-11-24)32(29,30)19-4-2-1-3-5-19/h1-9,15H,10-13H2,(H,23,26)(H2,22,27,28)/b16-15-. The lowest BCUT2D eigenvalue weighted by Crippen LogP contribution is -2.46. The molecule has 1 fully saturated rings. The molecule has 0 aliphatic carbocycles. The van der Waals surface area contributed by atoms with Gasteiger partial charge in [-0.3, -0.25) is 4.79 Å². The average Bonchev–Trinajstić information content (AvgIpc) is 2.78. The van der Waals surface area contributed by atoms with E-state index in [1.165, 1.54) is 46.9 Å². The summed E-state index contributed by atoms with van der Waals surface area (Å²) in [7, 11) is -7.45. The summed E-state index contributed by atoms with van der Waals surface area (Å²) in [5, 5.41) is 16.9. The first kappa shape index (κ1) is 23.4. The van der Waals surface area contributed by atoms with Gasteiger partial charge in [-0.1, -0.05) is 18.2 Å². The monoisotopic (exact) mass is 475 g/mol. The molecule has 0 aromatic heterocycles. The number of hydrogen-bond acceptors (Lipinski definition) is 7. The highest BCUT2D eigenvalue weighted by Gasteiger charge is 2.28. The highest BCUT2D eigenvalue weighted by atomic mass is 32.2. The lowest BCUT2D eigenvalue weighted by Gasteiger charge is -2.33. The van der Waals surface area contributed by atoms with Gasteiger partial charge in [-0.25, -0.2) is 22.0 Å². The van der Waals surface area contributed by atoms with Crippen LogP contribution < -0.4 is 10.5 Å². The number of nitrogens with one attached hydrogen (secondary N) is 1. The second-order valence-electron chi connectivity index (χ2n) is 6.93. The van der Waals surface area contributed by atoms with Crippen molar-refractivity contribution in [2.24, 2.45) is 5.14 Å². The number of nitrogens with zero attached hydrogens (tertiary/aromatic N) is 3. The number of nitrogens with two attached hydrogens (primary N) is 1. The summed E-state index contributed by atoms with van der Waals surface area (Å²) in [5.74, 6) is -0.671. The SMILES string of the molecule is N#C/C(=C/N1CCN(S(=O)(=O)c2ccccc2)CC1)C(=O)Nc1ccc(S(N)(=O)=O)cc1. The van der Waals surface area contributed by atoms with Crippen molar-refractivity contribution < 1.29 is 21.6 Å². The van der Waals surface area contributed by atoms with Crippen molar-refractivity contribution in [1.29, 1.82) is 5.26 Å². The lowest BCUT2D eigenvalue weighted by atomic mass is 10.2. The van der Waals surface area contributed by atoms with Crippen LogP contribution in [-0.2, 0) is 24.8 Å². The Hall–Kier alpha value is -3.24. The predicted octanol–water partition coefficient (Wildman–Crippen LogP) is 0.686. The van der Waals surface area contributed by atoms with Crippen LogP contribution in [0.2, 0.25) is 0 Å². The van der Waals surface area contributed by atoms with Crippen LogP contribution in [0.15, 0.2) is 76.2 Å². The highest BCUT2D eigenvalue weighted by molar-refractivity contribution is 7.89. The molecule has 3 N–H and O–H groups in total. The van der Waals surface area contributed by atoms with E-state index in [0.29, 0.717) is 18.8 Å². The third kappa shape index (κ3) is 5.51. The molecular weight excluding hydrogens is 454 g/mol. The topological polar surface area (TPSA) is 154 Å². The molecular formula is C20H21N5O5S2. The molecule has 2 aromatic rings. The number of carbonyl (C=O) groups is 1. The number of nitriles is 1. The van der Waals surface area contributed by atoms with Crippen LogP contribution in [0.25, 0.3) is 0 Å². The summed E-state index contributed by atoms with van der Waals surface area (Å²) in [6.45, 7) is 1.05. The van der Waals surface area contributed by atoms with Gasteiger partial charge in [0.25, 0.3) is 5.91 Å². The molecule has 0 saturated carbocycles. The van der Waals surface area contributed by atoms with Crippen molar-refractivity contribution in [3.05, 3.63) is 66.4 Å². The number of anilines is 1. The largest absolute Gasteiger partial charge is 0.373 e. The highest BCUT2D eigenvalue weighted by Crippen LogP contribution is 2.18. The van der Waals surface area contributed by atoms with Crippen molar-refractivity contribution in [2.45, 2.75) is 9.79 Å². The molecule has 1 aliphatic heterocycles. The van der Waals surface area contributed by atoms with Crippen LogP contribution in [0.5, 0.6) is 0 Å². The van der Waals surface area contributed by atoms with Gasteiger partial charge in [0.15, 0.2) is 0 Å². The second kappa shape index (κ2) is 9.49. The average molecular weight is 476 g/mol. The third-order valence-corrected chi connectivity index (χ3v) is 7.61. The number of sulfonamides is 2. The number of amides is 1. The first-order valence-corrected chi connectivity index (χ1v) is 12.5. The maximum Gasteiger partial charge on any atom is 0.267 e. The third-order valence-electron chi connectivity index (χ3n) is 4.77. The van der Waals surface area contributed by atoms with E-state index in [1.807, 2.05) is 6.07 Å². The molecule has 0 radical (unpaired) electrons. The Morgan fingerprint density at radius 2 is 1.53 bits per heavy atom. The summed E-state index contributed by atoms with van der Waals surface area (Å²) >= 11 is 0. The summed E-state index contributed by atoms with van der Waals surface area (Å²) in [5.41, 5.74) is 0.127. The molecule has 2 aromatic carbocycles. The zero-order chi connectivity index (χ0) is 23.4. The minimum atomic E-state index is -3.85. The van der Waals surface area contributed by atoms with Gasteiger partial charge in [0.05, 0.1) is 9.79 Å². The summed E-state index contributed by atoms with van der Waals surface area (Å²) in [6.07, 6.45) is 1.39. The van der Waals surface area contributed by atoms with Gasteiger partial charge >= 0.3 is 0 Å².